The second kappa shape index (κ2) is 11.0. The Bertz CT molecular complexity index is 1250. The van der Waals surface area contributed by atoms with Crippen LogP contribution in [-0.4, -0.2) is 54.6 Å². The average Bonchev–Trinajstić information content (AvgIpc) is 3.35. The minimum absolute atomic E-state index is 0.133. The number of nitrogens with zero attached hydrogens (tertiary/aromatic N) is 4. The number of carbonyl (C=O) groups is 1. The van der Waals surface area contributed by atoms with Crippen LogP contribution in [0, 0.1) is 0 Å². The molecule has 8 nitrogen and oxygen atoms in total. The Hall–Kier alpha value is -3.17. The highest BCUT2D eigenvalue weighted by Gasteiger charge is 2.27. The molecule has 2 heterocycles. The lowest BCUT2D eigenvalue weighted by molar-refractivity contribution is -0.115. The van der Waals surface area contributed by atoms with Crippen molar-refractivity contribution in [2.45, 2.75) is 44.4 Å². The fourth-order valence-electron chi connectivity index (χ4n) is 4.42. The van der Waals surface area contributed by atoms with Crippen molar-refractivity contribution in [2.75, 3.05) is 36.4 Å². The number of sulfonamides is 1. The first kappa shape index (κ1) is 24.9. The first-order chi connectivity index (χ1) is 16.9. The minimum atomic E-state index is -3.61. The van der Waals surface area contributed by atoms with E-state index >= 15 is 0 Å². The van der Waals surface area contributed by atoms with Crippen LogP contribution in [0.3, 0.4) is 0 Å². The topological polar surface area (TPSA) is 87.5 Å². The molecule has 0 bridgehead atoms. The number of aromatic nitrogens is 2. The summed E-state index contributed by atoms with van der Waals surface area (Å²) in [5, 5.41) is 7.33. The third-order valence-electron chi connectivity index (χ3n) is 6.32. The maximum Gasteiger partial charge on any atom is 0.243 e. The number of carbonyl (C=O) groups excluding carboxylic acids is 1. The molecule has 2 aromatic carbocycles. The van der Waals surface area contributed by atoms with E-state index in [4.69, 9.17) is 0 Å². The van der Waals surface area contributed by atoms with Crippen molar-refractivity contribution in [3.8, 4) is 5.69 Å². The minimum Gasteiger partial charge on any atom is -0.370 e. The van der Waals surface area contributed by atoms with Gasteiger partial charge in [-0.25, -0.2) is 13.1 Å². The van der Waals surface area contributed by atoms with E-state index in [0.717, 1.165) is 49.3 Å². The second-order valence-corrected chi connectivity index (χ2v) is 10.6. The highest BCUT2D eigenvalue weighted by molar-refractivity contribution is 7.89. The van der Waals surface area contributed by atoms with Crippen molar-refractivity contribution in [1.29, 1.82) is 0 Å². The molecule has 1 aromatic heterocycles. The van der Waals surface area contributed by atoms with Crippen LogP contribution in [0.4, 0.5) is 11.4 Å². The van der Waals surface area contributed by atoms with Crippen molar-refractivity contribution in [1.82, 2.24) is 14.1 Å². The average molecular weight is 496 g/mol. The molecular formula is C26H33N5O3S. The Kier molecular flexibility index (Phi) is 7.87. The van der Waals surface area contributed by atoms with Crippen molar-refractivity contribution in [3.63, 3.8) is 0 Å². The monoisotopic (exact) mass is 495 g/mol. The zero-order valence-corrected chi connectivity index (χ0v) is 21.2. The molecule has 1 saturated heterocycles. The number of benzene rings is 2. The lowest BCUT2D eigenvalue weighted by atomic mass is 10.2. The largest absolute Gasteiger partial charge is 0.370 e. The summed E-state index contributed by atoms with van der Waals surface area (Å²) in [7, 11) is -3.61. The van der Waals surface area contributed by atoms with Crippen LogP contribution in [0.25, 0.3) is 5.69 Å². The number of para-hydroxylation sites is 1. The van der Waals surface area contributed by atoms with Crippen LogP contribution in [0.2, 0.25) is 0 Å². The fraction of sp³-hybridized carbons (Fsp3) is 0.385. The zero-order chi connectivity index (χ0) is 24.8. The lowest BCUT2D eigenvalue weighted by Crippen LogP contribution is -2.35. The highest BCUT2D eigenvalue weighted by Crippen LogP contribution is 2.31. The predicted molar refractivity (Wildman–Crippen MR) is 139 cm³/mol. The summed E-state index contributed by atoms with van der Waals surface area (Å²) in [4.78, 5) is 15.3. The van der Waals surface area contributed by atoms with Gasteiger partial charge in [-0.05, 0) is 62.6 Å². The van der Waals surface area contributed by atoms with E-state index < -0.39 is 10.0 Å². The molecule has 0 unspecified atom stereocenters. The second-order valence-electron chi connectivity index (χ2n) is 8.67. The SMILES string of the molecule is CCN(CC)c1ccc(S(=O)(=O)N2CCCCC2)cc1NC(=O)Cc1cnn(-c2ccccc2)c1. The molecule has 1 amide bonds. The van der Waals surface area contributed by atoms with Gasteiger partial charge >= 0.3 is 0 Å². The molecule has 1 aliphatic rings. The Balaban J connectivity index is 1.57. The van der Waals surface area contributed by atoms with E-state index in [9.17, 15) is 13.2 Å². The number of amides is 1. The number of rotatable bonds is 9. The summed E-state index contributed by atoms with van der Waals surface area (Å²) in [5.41, 5.74) is 3.00. The molecule has 0 radical (unpaired) electrons. The number of hydrogen-bond donors (Lipinski definition) is 1. The van der Waals surface area contributed by atoms with Gasteiger partial charge in [0.1, 0.15) is 0 Å². The van der Waals surface area contributed by atoms with Crippen LogP contribution in [-0.2, 0) is 21.2 Å². The molecule has 1 fully saturated rings. The summed E-state index contributed by atoms with van der Waals surface area (Å²) < 4.78 is 29.8. The third-order valence-corrected chi connectivity index (χ3v) is 8.22. The van der Waals surface area contributed by atoms with Crippen LogP contribution < -0.4 is 10.2 Å². The zero-order valence-electron chi connectivity index (χ0n) is 20.4. The Morgan fingerprint density at radius 1 is 1.03 bits per heavy atom. The van der Waals surface area contributed by atoms with E-state index in [1.54, 1.807) is 33.4 Å². The Labute approximate surface area is 207 Å². The Morgan fingerprint density at radius 3 is 2.43 bits per heavy atom. The van der Waals surface area contributed by atoms with Crippen LogP contribution >= 0.6 is 0 Å². The van der Waals surface area contributed by atoms with Crippen molar-refractivity contribution in [2.24, 2.45) is 0 Å². The summed E-state index contributed by atoms with van der Waals surface area (Å²) in [6, 6.07) is 14.7. The molecule has 3 aromatic rings. The van der Waals surface area contributed by atoms with Gasteiger partial charge in [-0.3, -0.25) is 4.79 Å². The van der Waals surface area contributed by atoms with Gasteiger partial charge in [0, 0.05) is 32.4 Å². The number of piperidine rings is 1. The van der Waals surface area contributed by atoms with E-state index in [1.165, 1.54) is 0 Å². The standard InChI is InChI=1S/C26H33N5O3S/c1-3-29(4-2)25-14-13-23(35(33,34)30-15-9-6-10-16-30)18-24(25)28-26(32)17-21-19-27-31(20-21)22-11-7-5-8-12-22/h5,7-8,11-14,18-20H,3-4,6,9-10,15-17H2,1-2H3,(H,28,32). The predicted octanol–water partition coefficient (Wildman–Crippen LogP) is 4.07. The molecule has 0 saturated carbocycles. The quantitative estimate of drug-likeness (QED) is 0.483. The summed E-state index contributed by atoms with van der Waals surface area (Å²) in [5.74, 6) is -0.224. The molecular weight excluding hydrogens is 462 g/mol. The van der Waals surface area contributed by atoms with Gasteiger partial charge in [0.05, 0.1) is 34.6 Å². The van der Waals surface area contributed by atoms with E-state index in [1.807, 2.05) is 50.4 Å². The maximum atomic E-state index is 13.3. The van der Waals surface area contributed by atoms with E-state index in [0.29, 0.717) is 18.8 Å². The van der Waals surface area contributed by atoms with Crippen molar-refractivity contribution in [3.05, 3.63) is 66.5 Å². The fourth-order valence-corrected chi connectivity index (χ4v) is 5.97. The number of hydrogen-bond acceptors (Lipinski definition) is 5. The van der Waals surface area contributed by atoms with Gasteiger partial charge in [-0.2, -0.15) is 9.40 Å². The van der Waals surface area contributed by atoms with E-state index in [2.05, 4.69) is 15.3 Å². The molecule has 0 atom stereocenters. The molecule has 0 spiro atoms. The van der Waals surface area contributed by atoms with Crippen molar-refractivity contribution < 1.29 is 13.2 Å². The van der Waals surface area contributed by atoms with Gasteiger partial charge < -0.3 is 10.2 Å². The van der Waals surface area contributed by atoms with E-state index in [-0.39, 0.29) is 17.2 Å². The molecule has 9 heteroatoms. The number of anilines is 2. The normalized spacial score (nSPS) is 14.6. The Morgan fingerprint density at radius 2 is 1.74 bits per heavy atom. The van der Waals surface area contributed by atoms with Crippen LogP contribution in [0.1, 0.15) is 38.7 Å². The molecule has 186 valence electrons. The van der Waals surface area contributed by atoms with Crippen LogP contribution in [0.15, 0.2) is 65.8 Å². The van der Waals surface area contributed by atoms with Gasteiger partial charge in [0.15, 0.2) is 0 Å². The van der Waals surface area contributed by atoms with Crippen LogP contribution in [0.5, 0.6) is 0 Å². The lowest BCUT2D eigenvalue weighted by Gasteiger charge is -2.28. The third kappa shape index (κ3) is 5.74. The summed E-state index contributed by atoms with van der Waals surface area (Å²) in [6.45, 7) is 6.61. The van der Waals surface area contributed by atoms with Gasteiger partial charge in [-0.1, -0.05) is 24.6 Å². The molecule has 1 N–H and O–H groups in total. The molecule has 1 aliphatic heterocycles. The highest BCUT2D eigenvalue weighted by atomic mass is 32.2. The molecule has 0 aliphatic carbocycles. The van der Waals surface area contributed by atoms with Gasteiger partial charge in [0.2, 0.25) is 15.9 Å². The molecule has 35 heavy (non-hydrogen) atoms. The summed E-state index contributed by atoms with van der Waals surface area (Å²) >= 11 is 0. The maximum absolute atomic E-state index is 13.3. The first-order valence-corrected chi connectivity index (χ1v) is 13.6. The van der Waals surface area contributed by atoms with Gasteiger partial charge in [0.25, 0.3) is 0 Å². The van der Waals surface area contributed by atoms with Gasteiger partial charge in [-0.15, -0.1) is 0 Å². The number of nitrogens with one attached hydrogen (secondary N) is 1. The summed E-state index contributed by atoms with van der Waals surface area (Å²) in [6.07, 6.45) is 6.43. The smallest absolute Gasteiger partial charge is 0.243 e. The van der Waals surface area contributed by atoms with Crippen molar-refractivity contribution >= 4 is 27.3 Å². The molecule has 4 rings (SSSR count). The first-order valence-electron chi connectivity index (χ1n) is 12.2.